The summed E-state index contributed by atoms with van der Waals surface area (Å²) < 4.78 is 0. The lowest BCUT2D eigenvalue weighted by molar-refractivity contribution is -0.130. The lowest BCUT2D eigenvalue weighted by Gasteiger charge is -2.35. The van der Waals surface area contributed by atoms with E-state index in [2.05, 4.69) is 9.88 Å². The summed E-state index contributed by atoms with van der Waals surface area (Å²) in [5.41, 5.74) is 0.562. The van der Waals surface area contributed by atoms with E-state index in [1.54, 1.807) is 35.9 Å². The largest absolute Gasteiger partial charge is 0.353 e. The minimum Gasteiger partial charge on any atom is -0.353 e. The second-order valence-electron chi connectivity index (χ2n) is 6.70. The Labute approximate surface area is 153 Å². The van der Waals surface area contributed by atoms with Gasteiger partial charge in [0.1, 0.15) is 5.82 Å². The van der Waals surface area contributed by atoms with E-state index >= 15 is 0 Å². The van der Waals surface area contributed by atoms with Gasteiger partial charge in [0.2, 0.25) is 11.8 Å². The molecule has 0 saturated carbocycles. The van der Waals surface area contributed by atoms with Gasteiger partial charge in [-0.1, -0.05) is 0 Å². The fourth-order valence-electron chi connectivity index (χ4n) is 3.36. The van der Waals surface area contributed by atoms with Crippen molar-refractivity contribution in [1.82, 2.24) is 19.7 Å². The van der Waals surface area contributed by atoms with Crippen LogP contribution in [0.4, 0.5) is 5.82 Å². The van der Waals surface area contributed by atoms with Crippen molar-refractivity contribution in [2.75, 3.05) is 57.3 Å². The van der Waals surface area contributed by atoms with Crippen molar-refractivity contribution < 1.29 is 14.4 Å². The highest BCUT2D eigenvalue weighted by Gasteiger charge is 2.24. The molecule has 0 unspecified atom stereocenters. The molecule has 8 heteroatoms. The minimum absolute atomic E-state index is 0.0475. The van der Waals surface area contributed by atoms with Gasteiger partial charge in [-0.05, 0) is 12.1 Å². The maximum Gasteiger partial charge on any atom is 0.255 e. The Morgan fingerprint density at radius 2 is 1.27 bits per heavy atom. The van der Waals surface area contributed by atoms with Crippen molar-refractivity contribution in [3.8, 4) is 0 Å². The molecule has 2 aliphatic rings. The molecule has 0 N–H and O–H groups in total. The summed E-state index contributed by atoms with van der Waals surface area (Å²) in [6.07, 6.45) is 1.62. The molecule has 8 nitrogen and oxygen atoms in total. The van der Waals surface area contributed by atoms with Crippen LogP contribution in [0.25, 0.3) is 0 Å². The van der Waals surface area contributed by atoms with Gasteiger partial charge >= 0.3 is 0 Å². The molecular formula is C18H25N5O3. The third-order valence-electron chi connectivity index (χ3n) is 5.06. The third-order valence-corrected chi connectivity index (χ3v) is 5.06. The summed E-state index contributed by atoms with van der Waals surface area (Å²) in [4.78, 5) is 47.3. The number of amides is 3. The Balaban J connectivity index is 1.57. The zero-order valence-corrected chi connectivity index (χ0v) is 15.3. The van der Waals surface area contributed by atoms with E-state index in [1.807, 2.05) is 11.0 Å². The molecule has 0 aromatic carbocycles. The van der Waals surface area contributed by atoms with Gasteiger partial charge in [-0.2, -0.15) is 0 Å². The minimum atomic E-state index is -0.0475. The second kappa shape index (κ2) is 7.72. The first-order valence-electron chi connectivity index (χ1n) is 8.97. The number of nitrogens with zero attached hydrogens (tertiary/aromatic N) is 5. The van der Waals surface area contributed by atoms with E-state index in [9.17, 15) is 14.4 Å². The molecule has 3 amide bonds. The van der Waals surface area contributed by atoms with E-state index < -0.39 is 0 Å². The number of carbonyl (C=O) groups is 3. The molecule has 26 heavy (non-hydrogen) atoms. The number of rotatable bonds is 2. The molecule has 3 heterocycles. The third kappa shape index (κ3) is 3.95. The first kappa shape index (κ1) is 18.2. The van der Waals surface area contributed by atoms with Crippen LogP contribution in [0.3, 0.4) is 0 Å². The Hall–Kier alpha value is -2.64. The van der Waals surface area contributed by atoms with Gasteiger partial charge in [0, 0.05) is 72.4 Å². The molecule has 1 aromatic heterocycles. The molecule has 0 atom stereocenters. The predicted octanol–water partition coefficient (Wildman–Crippen LogP) is 0.0544. The number of piperazine rings is 2. The first-order chi connectivity index (χ1) is 12.5. The molecule has 0 spiro atoms. The zero-order valence-electron chi connectivity index (χ0n) is 15.3. The van der Waals surface area contributed by atoms with Crippen molar-refractivity contribution in [3.63, 3.8) is 0 Å². The quantitative estimate of drug-likeness (QED) is 0.746. The van der Waals surface area contributed by atoms with Crippen LogP contribution in [-0.4, -0.2) is 89.8 Å². The van der Waals surface area contributed by atoms with Crippen LogP contribution in [0.1, 0.15) is 24.2 Å². The van der Waals surface area contributed by atoms with Gasteiger partial charge in [0.25, 0.3) is 5.91 Å². The smallest absolute Gasteiger partial charge is 0.255 e. The molecule has 2 aliphatic heterocycles. The van der Waals surface area contributed by atoms with E-state index in [0.717, 1.165) is 18.9 Å². The standard InChI is InChI=1S/C18H25N5O3/c1-14(24)20-5-9-22(10-6-20)17-4-3-16(13-19-17)18(26)23-11-7-21(8-12-23)15(2)25/h3-4,13H,5-12H2,1-2H3. The van der Waals surface area contributed by atoms with Crippen molar-refractivity contribution in [2.24, 2.45) is 0 Å². The molecule has 2 fully saturated rings. The van der Waals surface area contributed by atoms with Crippen LogP contribution in [-0.2, 0) is 9.59 Å². The molecule has 0 aliphatic carbocycles. The second-order valence-corrected chi connectivity index (χ2v) is 6.70. The van der Waals surface area contributed by atoms with Crippen LogP contribution in [0.2, 0.25) is 0 Å². The number of hydrogen-bond acceptors (Lipinski definition) is 5. The lowest BCUT2D eigenvalue weighted by Crippen LogP contribution is -2.50. The van der Waals surface area contributed by atoms with Crippen LogP contribution < -0.4 is 4.90 Å². The summed E-state index contributed by atoms with van der Waals surface area (Å²) >= 11 is 0. The van der Waals surface area contributed by atoms with Crippen LogP contribution in [0.5, 0.6) is 0 Å². The summed E-state index contributed by atoms with van der Waals surface area (Å²) in [5, 5.41) is 0. The molecule has 2 saturated heterocycles. The fourth-order valence-corrected chi connectivity index (χ4v) is 3.36. The van der Waals surface area contributed by atoms with Gasteiger partial charge in [0.15, 0.2) is 0 Å². The summed E-state index contributed by atoms with van der Waals surface area (Å²) in [5.74, 6) is 0.927. The molecule has 3 rings (SSSR count). The Morgan fingerprint density at radius 3 is 1.73 bits per heavy atom. The van der Waals surface area contributed by atoms with Gasteiger partial charge in [-0.3, -0.25) is 14.4 Å². The fraction of sp³-hybridized carbons (Fsp3) is 0.556. The predicted molar refractivity (Wildman–Crippen MR) is 96.9 cm³/mol. The maximum atomic E-state index is 12.6. The number of pyridine rings is 1. The number of hydrogen-bond donors (Lipinski definition) is 0. The molecule has 1 aromatic rings. The summed E-state index contributed by atoms with van der Waals surface area (Å²) in [6, 6.07) is 3.67. The first-order valence-corrected chi connectivity index (χ1v) is 8.97. The van der Waals surface area contributed by atoms with E-state index in [0.29, 0.717) is 44.8 Å². The van der Waals surface area contributed by atoms with Crippen molar-refractivity contribution in [3.05, 3.63) is 23.9 Å². The van der Waals surface area contributed by atoms with Crippen LogP contribution in [0, 0.1) is 0 Å². The SMILES string of the molecule is CC(=O)N1CCN(C(=O)c2ccc(N3CCN(C(C)=O)CC3)nc2)CC1. The summed E-state index contributed by atoms with van der Waals surface area (Å²) in [6.45, 7) is 8.26. The highest BCUT2D eigenvalue weighted by Crippen LogP contribution is 2.16. The van der Waals surface area contributed by atoms with E-state index in [1.165, 1.54) is 0 Å². The highest BCUT2D eigenvalue weighted by molar-refractivity contribution is 5.94. The van der Waals surface area contributed by atoms with Crippen LogP contribution >= 0.6 is 0 Å². The molecule has 140 valence electrons. The number of aromatic nitrogens is 1. The van der Waals surface area contributed by atoms with E-state index in [4.69, 9.17) is 0 Å². The van der Waals surface area contributed by atoms with Crippen molar-refractivity contribution in [1.29, 1.82) is 0 Å². The Bertz CT molecular complexity index is 675. The monoisotopic (exact) mass is 359 g/mol. The normalized spacial score (nSPS) is 18.1. The zero-order chi connectivity index (χ0) is 18.7. The molecule has 0 bridgehead atoms. The topological polar surface area (TPSA) is 77.1 Å². The highest BCUT2D eigenvalue weighted by atomic mass is 16.2. The van der Waals surface area contributed by atoms with Crippen molar-refractivity contribution >= 4 is 23.5 Å². The average Bonchev–Trinajstić information content (AvgIpc) is 2.67. The maximum absolute atomic E-state index is 12.6. The van der Waals surface area contributed by atoms with Crippen LogP contribution in [0.15, 0.2) is 18.3 Å². The van der Waals surface area contributed by atoms with E-state index in [-0.39, 0.29) is 17.7 Å². The number of carbonyl (C=O) groups excluding carboxylic acids is 3. The Kier molecular flexibility index (Phi) is 5.39. The summed E-state index contributed by atoms with van der Waals surface area (Å²) in [7, 11) is 0. The molecular weight excluding hydrogens is 334 g/mol. The van der Waals surface area contributed by atoms with Crippen molar-refractivity contribution in [2.45, 2.75) is 13.8 Å². The number of anilines is 1. The van der Waals surface area contributed by atoms with Gasteiger partial charge in [-0.25, -0.2) is 4.98 Å². The van der Waals surface area contributed by atoms with Gasteiger partial charge in [0.05, 0.1) is 5.56 Å². The average molecular weight is 359 g/mol. The van der Waals surface area contributed by atoms with Gasteiger partial charge in [-0.15, -0.1) is 0 Å². The Morgan fingerprint density at radius 1 is 0.769 bits per heavy atom. The molecule has 0 radical (unpaired) electrons. The van der Waals surface area contributed by atoms with Gasteiger partial charge < -0.3 is 19.6 Å². The lowest BCUT2D eigenvalue weighted by atomic mass is 10.2.